The van der Waals surface area contributed by atoms with Crippen LogP contribution in [-0.4, -0.2) is 4.57 Å². The summed E-state index contributed by atoms with van der Waals surface area (Å²) >= 11 is 0. The van der Waals surface area contributed by atoms with Crippen LogP contribution in [0.4, 0.5) is 17.1 Å². The van der Waals surface area contributed by atoms with Gasteiger partial charge in [0.05, 0.1) is 16.5 Å². The first-order valence-electron chi connectivity index (χ1n) is 18.8. The molecule has 0 aliphatic carbocycles. The summed E-state index contributed by atoms with van der Waals surface area (Å²) < 4.78 is 39.4. The Balaban J connectivity index is 1.26. The highest BCUT2D eigenvalue weighted by atomic mass is 15.1. The van der Waals surface area contributed by atoms with E-state index >= 15 is 0 Å². The standard InChI is InChI=1S/C48H34N2/c1-4-14-35(15-5-1)37-26-30-41(31-27-37)49(42-32-28-38(29-33-42)36-16-6-2-7-17-36)43-21-12-18-39(34-43)44-23-13-25-47-48(44)45-22-10-11-24-46(45)50(47)40-19-8-3-9-20-40/h1-34H/i26D,27D,30D,31D. The molecule has 9 aromatic rings. The van der Waals surface area contributed by atoms with E-state index < -0.39 is 0 Å². The van der Waals surface area contributed by atoms with Gasteiger partial charge in [0.1, 0.15) is 0 Å². The number of nitrogens with zero attached hydrogens (tertiary/aromatic N) is 2. The summed E-state index contributed by atoms with van der Waals surface area (Å²) in [5.41, 5.74) is 9.99. The fourth-order valence-electron chi connectivity index (χ4n) is 6.94. The third kappa shape index (κ3) is 5.34. The molecule has 1 aromatic heterocycles. The predicted molar refractivity (Wildman–Crippen MR) is 212 cm³/mol. The molecule has 0 aliphatic heterocycles. The number of fused-ring (bicyclic) bond motifs is 3. The van der Waals surface area contributed by atoms with Crippen molar-refractivity contribution in [1.82, 2.24) is 4.57 Å². The summed E-state index contributed by atoms with van der Waals surface area (Å²) in [6.07, 6.45) is 0. The number of benzene rings is 8. The minimum absolute atomic E-state index is 0.0854. The van der Waals surface area contributed by atoms with E-state index in [4.69, 9.17) is 0 Å². The third-order valence-electron chi connectivity index (χ3n) is 9.26. The zero-order chi connectivity index (χ0) is 36.8. The second kappa shape index (κ2) is 12.8. The monoisotopic (exact) mass is 642 g/mol. The van der Waals surface area contributed by atoms with Crippen molar-refractivity contribution in [3.8, 4) is 39.1 Å². The Hall–Kier alpha value is -6.64. The van der Waals surface area contributed by atoms with Gasteiger partial charge in [0.15, 0.2) is 0 Å². The van der Waals surface area contributed by atoms with Crippen molar-refractivity contribution in [3.05, 3.63) is 206 Å². The van der Waals surface area contributed by atoms with Gasteiger partial charge in [-0.3, -0.25) is 0 Å². The van der Waals surface area contributed by atoms with Crippen LogP contribution in [0.3, 0.4) is 0 Å². The van der Waals surface area contributed by atoms with E-state index in [2.05, 4.69) is 95.6 Å². The van der Waals surface area contributed by atoms with Gasteiger partial charge in [-0.05, 0) is 94.0 Å². The summed E-state index contributed by atoms with van der Waals surface area (Å²) in [6.45, 7) is 0. The van der Waals surface area contributed by atoms with Crippen molar-refractivity contribution in [3.63, 3.8) is 0 Å². The van der Waals surface area contributed by atoms with Crippen LogP contribution < -0.4 is 4.90 Å². The summed E-state index contributed by atoms with van der Waals surface area (Å²) in [6, 6.07) is 60.4. The highest BCUT2D eigenvalue weighted by Gasteiger charge is 2.18. The topological polar surface area (TPSA) is 8.17 Å². The number of anilines is 3. The van der Waals surface area contributed by atoms with Gasteiger partial charge < -0.3 is 9.47 Å². The van der Waals surface area contributed by atoms with Gasteiger partial charge in [-0.25, -0.2) is 0 Å². The molecule has 0 fully saturated rings. The molecule has 0 atom stereocenters. The molecule has 9 rings (SSSR count). The first kappa shape index (κ1) is 25.4. The average Bonchev–Trinajstić information content (AvgIpc) is 3.58. The van der Waals surface area contributed by atoms with Crippen molar-refractivity contribution in [1.29, 1.82) is 0 Å². The molecule has 0 amide bonds. The number of hydrogen-bond acceptors (Lipinski definition) is 1. The van der Waals surface area contributed by atoms with Crippen LogP contribution in [0.25, 0.3) is 60.9 Å². The van der Waals surface area contributed by atoms with Crippen LogP contribution in [0.2, 0.25) is 0 Å². The summed E-state index contributed by atoms with van der Waals surface area (Å²) in [5, 5.41) is 2.27. The van der Waals surface area contributed by atoms with Crippen molar-refractivity contribution >= 4 is 38.9 Å². The molecule has 0 N–H and O–H groups in total. The Kier molecular flexibility index (Phi) is 6.48. The first-order valence-corrected chi connectivity index (χ1v) is 16.8. The van der Waals surface area contributed by atoms with E-state index in [9.17, 15) is 5.48 Å². The van der Waals surface area contributed by atoms with Gasteiger partial charge in [-0.1, -0.05) is 146 Å². The lowest BCUT2D eigenvalue weighted by molar-refractivity contribution is 1.18. The van der Waals surface area contributed by atoms with Gasteiger partial charge in [-0.2, -0.15) is 0 Å². The van der Waals surface area contributed by atoms with Crippen molar-refractivity contribution in [2.45, 2.75) is 0 Å². The Bertz CT molecular complexity index is 2770. The van der Waals surface area contributed by atoms with E-state index in [-0.39, 0.29) is 35.4 Å². The van der Waals surface area contributed by atoms with Crippen LogP contribution in [0, 0.1) is 0 Å². The zero-order valence-electron chi connectivity index (χ0n) is 31.2. The number of aromatic nitrogens is 1. The predicted octanol–water partition coefficient (Wildman–Crippen LogP) is 13.3. The molecule has 0 radical (unpaired) electrons. The van der Waals surface area contributed by atoms with Crippen LogP contribution in [0.15, 0.2) is 206 Å². The lowest BCUT2D eigenvalue weighted by Gasteiger charge is -2.26. The molecular weight excluding hydrogens is 605 g/mol. The van der Waals surface area contributed by atoms with E-state index in [0.29, 0.717) is 5.56 Å². The van der Waals surface area contributed by atoms with E-state index in [0.717, 1.165) is 61.1 Å². The molecule has 2 heteroatoms. The molecule has 0 unspecified atom stereocenters. The highest BCUT2D eigenvalue weighted by molar-refractivity contribution is 6.15. The minimum Gasteiger partial charge on any atom is -0.310 e. The Morgan fingerprint density at radius 1 is 0.380 bits per heavy atom. The second-order valence-corrected chi connectivity index (χ2v) is 12.3. The molecule has 0 aliphatic rings. The van der Waals surface area contributed by atoms with Crippen molar-refractivity contribution in [2.24, 2.45) is 0 Å². The summed E-state index contributed by atoms with van der Waals surface area (Å²) in [7, 11) is 0. The van der Waals surface area contributed by atoms with Gasteiger partial charge in [0.2, 0.25) is 0 Å². The average molecular weight is 643 g/mol. The van der Waals surface area contributed by atoms with Crippen LogP contribution in [0.5, 0.6) is 0 Å². The second-order valence-electron chi connectivity index (χ2n) is 12.3. The summed E-state index contributed by atoms with van der Waals surface area (Å²) in [4.78, 5) is 1.86. The van der Waals surface area contributed by atoms with E-state index in [1.54, 1.807) is 0 Å². The molecule has 50 heavy (non-hydrogen) atoms. The van der Waals surface area contributed by atoms with Gasteiger partial charge in [0.25, 0.3) is 0 Å². The van der Waals surface area contributed by atoms with Gasteiger partial charge in [0, 0.05) is 33.5 Å². The van der Waals surface area contributed by atoms with Gasteiger partial charge >= 0.3 is 0 Å². The highest BCUT2D eigenvalue weighted by Crippen LogP contribution is 2.42. The lowest BCUT2D eigenvalue weighted by Crippen LogP contribution is -2.10. The van der Waals surface area contributed by atoms with Crippen LogP contribution >= 0.6 is 0 Å². The Morgan fingerprint density at radius 3 is 1.66 bits per heavy atom. The smallest absolute Gasteiger partial charge is 0.0645 e. The maximum atomic E-state index is 9.39. The van der Waals surface area contributed by atoms with Crippen molar-refractivity contribution < 1.29 is 5.48 Å². The summed E-state index contributed by atoms with van der Waals surface area (Å²) in [5.74, 6) is 0. The fourth-order valence-corrected chi connectivity index (χ4v) is 6.94. The van der Waals surface area contributed by atoms with E-state index in [1.165, 1.54) is 0 Å². The molecular formula is C48H34N2. The fraction of sp³-hybridized carbons (Fsp3) is 0. The van der Waals surface area contributed by atoms with Crippen molar-refractivity contribution in [2.75, 3.05) is 4.90 Å². The molecule has 2 nitrogen and oxygen atoms in total. The molecule has 0 bridgehead atoms. The maximum absolute atomic E-state index is 9.39. The quantitative estimate of drug-likeness (QED) is 0.168. The Labute approximate surface area is 298 Å². The van der Waals surface area contributed by atoms with Crippen LogP contribution in [0.1, 0.15) is 5.48 Å². The number of hydrogen-bond donors (Lipinski definition) is 0. The largest absolute Gasteiger partial charge is 0.310 e. The Morgan fingerprint density at radius 2 is 0.940 bits per heavy atom. The lowest BCUT2D eigenvalue weighted by atomic mass is 9.98. The van der Waals surface area contributed by atoms with E-state index in [1.807, 2.05) is 95.9 Å². The third-order valence-corrected chi connectivity index (χ3v) is 9.26. The number of rotatable bonds is 7. The number of para-hydroxylation sites is 2. The molecule has 236 valence electrons. The first-order chi connectivity index (χ1) is 26.5. The minimum atomic E-state index is -0.111. The molecule has 0 spiro atoms. The molecule has 0 saturated carbocycles. The normalized spacial score (nSPS) is 12.3. The maximum Gasteiger partial charge on any atom is 0.0645 e. The zero-order valence-corrected chi connectivity index (χ0v) is 27.2. The SMILES string of the molecule is [2H]c1c([2H])c(N(c2ccc(-c3ccccc3)cc2)c2cccc(-c3cccc4c3c3ccccc3n4-c3ccccc3)c2)c([2H])c([2H])c1-c1ccccc1. The molecule has 8 aromatic carbocycles. The van der Waals surface area contributed by atoms with Crippen LogP contribution in [-0.2, 0) is 0 Å². The molecule has 1 heterocycles. The van der Waals surface area contributed by atoms with Gasteiger partial charge in [-0.15, -0.1) is 0 Å². The molecule has 0 saturated heterocycles.